The maximum absolute atomic E-state index is 12.6. The van der Waals surface area contributed by atoms with Gasteiger partial charge in [-0.25, -0.2) is 15.2 Å². The zero-order valence-corrected chi connectivity index (χ0v) is 26.1. The van der Waals surface area contributed by atoms with Gasteiger partial charge in [0.15, 0.2) is 0 Å². The van der Waals surface area contributed by atoms with Crippen molar-refractivity contribution in [2.24, 2.45) is 0 Å². The van der Waals surface area contributed by atoms with Crippen LogP contribution in [-0.2, 0) is 0 Å². The molecule has 5 N–H and O–H groups in total. The van der Waals surface area contributed by atoms with Crippen molar-refractivity contribution >= 4 is 44.7 Å². The van der Waals surface area contributed by atoms with Crippen LogP contribution in [0.2, 0.25) is 0 Å². The Bertz CT molecular complexity index is 1430. The first-order chi connectivity index (χ1) is 19.9. The van der Waals surface area contributed by atoms with Crippen molar-refractivity contribution in [1.82, 2.24) is 35.4 Å². The Morgan fingerprint density at radius 1 is 0.929 bits per heavy atom. The number of para-hydroxylation sites is 1. The number of fused-ring (bicyclic) bond motifs is 1. The fourth-order valence-electron chi connectivity index (χ4n) is 3.61. The lowest BCUT2D eigenvalue weighted by atomic mass is 10.2. The van der Waals surface area contributed by atoms with Gasteiger partial charge in [0.25, 0.3) is 17.4 Å². The van der Waals surface area contributed by atoms with Gasteiger partial charge in [-0.3, -0.25) is 14.4 Å². The lowest BCUT2D eigenvalue weighted by Crippen LogP contribution is -2.43. The SMILES string of the molecule is CN(C)CCCNC(=O)c1cc(Br)ccc1O.CNC(=O)Nn1c(C(=O)NCCCN(C)C)nc2ccccc2c1=O. The highest BCUT2D eigenvalue weighted by atomic mass is 79.9. The van der Waals surface area contributed by atoms with Gasteiger partial charge in [-0.05, 0) is 84.5 Å². The van der Waals surface area contributed by atoms with Crippen LogP contribution in [-0.4, -0.2) is 104 Å². The summed E-state index contributed by atoms with van der Waals surface area (Å²) in [5.74, 6) is -0.948. The Morgan fingerprint density at radius 2 is 1.52 bits per heavy atom. The summed E-state index contributed by atoms with van der Waals surface area (Å²) in [6, 6.07) is 10.8. The Morgan fingerprint density at radius 3 is 2.12 bits per heavy atom. The van der Waals surface area contributed by atoms with E-state index in [1.165, 1.54) is 13.1 Å². The number of aromatic hydroxyl groups is 1. The summed E-state index contributed by atoms with van der Waals surface area (Å²) in [5.41, 5.74) is 2.50. The second-order valence-corrected chi connectivity index (χ2v) is 10.7. The number of phenols is 1. The molecule has 3 aromatic rings. The van der Waals surface area contributed by atoms with E-state index in [9.17, 15) is 24.3 Å². The Labute approximate surface area is 253 Å². The number of rotatable bonds is 11. The summed E-state index contributed by atoms with van der Waals surface area (Å²) < 4.78 is 1.64. The van der Waals surface area contributed by atoms with E-state index in [4.69, 9.17) is 0 Å². The molecule has 0 radical (unpaired) electrons. The second-order valence-electron chi connectivity index (χ2n) is 9.77. The molecule has 2 aromatic carbocycles. The average Bonchev–Trinajstić information content (AvgIpc) is 2.95. The van der Waals surface area contributed by atoms with Gasteiger partial charge in [-0.15, -0.1) is 0 Å². The predicted molar refractivity (Wildman–Crippen MR) is 167 cm³/mol. The third kappa shape index (κ3) is 10.8. The maximum Gasteiger partial charge on any atom is 0.333 e. The molecule has 3 rings (SSSR count). The first kappa shape index (κ1) is 34.2. The number of hydrogen-bond acceptors (Lipinski definition) is 8. The molecule has 0 aliphatic carbocycles. The lowest BCUT2D eigenvalue weighted by Gasteiger charge is -2.14. The molecule has 0 bridgehead atoms. The fourth-order valence-corrected chi connectivity index (χ4v) is 3.97. The molecular formula is C28H39BrN8O5. The van der Waals surface area contributed by atoms with Crippen LogP contribution in [0, 0.1) is 0 Å². The molecule has 0 aliphatic heterocycles. The summed E-state index contributed by atoms with van der Waals surface area (Å²) in [7, 11) is 9.27. The summed E-state index contributed by atoms with van der Waals surface area (Å²) in [6.45, 7) is 2.77. The number of aromatic nitrogens is 2. The highest BCUT2D eigenvalue weighted by molar-refractivity contribution is 9.10. The van der Waals surface area contributed by atoms with Crippen molar-refractivity contribution in [3.63, 3.8) is 0 Å². The Hall–Kier alpha value is -4.01. The number of benzene rings is 2. The van der Waals surface area contributed by atoms with Gasteiger partial charge in [-0.1, -0.05) is 28.1 Å². The molecule has 0 aliphatic rings. The van der Waals surface area contributed by atoms with E-state index in [-0.39, 0.29) is 17.5 Å². The summed E-state index contributed by atoms with van der Waals surface area (Å²) in [4.78, 5) is 56.8. The summed E-state index contributed by atoms with van der Waals surface area (Å²) in [6.07, 6.45) is 1.63. The largest absolute Gasteiger partial charge is 0.507 e. The van der Waals surface area contributed by atoms with Crippen molar-refractivity contribution < 1.29 is 19.5 Å². The van der Waals surface area contributed by atoms with Gasteiger partial charge in [0, 0.05) is 24.6 Å². The smallest absolute Gasteiger partial charge is 0.333 e. The second kappa shape index (κ2) is 17.1. The van der Waals surface area contributed by atoms with E-state index < -0.39 is 17.5 Å². The van der Waals surface area contributed by atoms with Gasteiger partial charge in [0.2, 0.25) is 5.82 Å². The van der Waals surface area contributed by atoms with Gasteiger partial charge >= 0.3 is 6.03 Å². The van der Waals surface area contributed by atoms with Crippen LogP contribution in [0.15, 0.2) is 51.7 Å². The number of carbonyl (C=O) groups is 3. The minimum Gasteiger partial charge on any atom is -0.507 e. The number of amides is 4. The molecule has 0 unspecified atom stereocenters. The van der Waals surface area contributed by atoms with E-state index in [1.54, 1.807) is 36.4 Å². The zero-order valence-electron chi connectivity index (χ0n) is 24.5. The van der Waals surface area contributed by atoms with E-state index in [0.717, 1.165) is 35.1 Å². The number of halogens is 1. The first-order valence-electron chi connectivity index (χ1n) is 13.3. The topological polar surface area (TPSA) is 161 Å². The summed E-state index contributed by atoms with van der Waals surface area (Å²) in [5, 5.41) is 17.7. The van der Waals surface area contributed by atoms with E-state index in [2.05, 4.69) is 47.2 Å². The van der Waals surface area contributed by atoms with Crippen molar-refractivity contribution in [2.75, 3.05) is 66.8 Å². The van der Waals surface area contributed by atoms with Crippen molar-refractivity contribution in [3.05, 3.63) is 68.7 Å². The number of nitrogens with one attached hydrogen (secondary N) is 4. The van der Waals surface area contributed by atoms with E-state index >= 15 is 0 Å². The van der Waals surface area contributed by atoms with Gasteiger partial charge in [0.1, 0.15) is 5.75 Å². The summed E-state index contributed by atoms with van der Waals surface area (Å²) >= 11 is 3.27. The molecule has 1 heterocycles. The number of phenolic OH excluding ortho intramolecular Hbond substituents is 1. The van der Waals surface area contributed by atoms with E-state index in [1.807, 2.05) is 33.1 Å². The van der Waals surface area contributed by atoms with Gasteiger partial charge in [-0.2, -0.15) is 4.68 Å². The predicted octanol–water partition coefficient (Wildman–Crippen LogP) is 1.80. The minimum absolute atomic E-state index is 0.00157. The van der Waals surface area contributed by atoms with Crippen LogP contribution < -0.4 is 26.9 Å². The quantitative estimate of drug-likeness (QED) is 0.197. The molecule has 42 heavy (non-hydrogen) atoms. The third-order valence-electron chi connectivity index (χ3n) is 5.76. The Kier molecular flexibility index (Phi) is 13.9. The van der Waals surface area contributed by atoms with Crippen LogP contribution >= 0.6 is 15.9 Å². The number of hydrogen-bond donors (Lipinski definition) is 5. The van der Waals surface area contributed by atoms with Crippen LogP contribution in [0.25, 0.3) is 10.9 Å². The molecule has 0 saturated carbocycles. The highest BCUT2D eigenvalue weighted by Gasteiger charge is 2.18. The molecular weight excluding hydrogens is 608 g/mol. The zero-order chi connectivity index (χ0) is 31.2. The lowest BCUT2D eigenvalue weighted by molar-refractivity contribution is 0.0933. The van der Waals surface area contributed by atoms with Gasteiger partial charge < -0.3 is 30.9 Å². The number of carbonyl (C=O) groups excluding carboxylic acids is 3. The Balaban J connectivity index is 0.000000317. The molecule has 14 heteroatoms. The molecule has 0 saturated heterocycles. The van der Waals surface area contributed by atoms with Crippen molar-refractivity contribution in [2.45, 2.75) is 12.8 Å². The van der Waals surface area contributed by atoms with Crippen molar-refractivity contribution in [1.29, 1.82) is 0 Å². The molecule has 0 fully saturated rings. The number of urea groups is 1. The third-order valence-corrected chi connectivity index (χ3v) is 6.25. The minimum atomic E-state index is -0.624. The van der Waals surface area contributed by atoms with Crippen LogP contribution in [0.3, 0.4) is 0 Å². The fraction of sp³-hybridized carbons (Fsp3) is 0.393. The molecule has 0 spiro atoms. The highest BCUT2D eigenvalue weighted by Crippen LogP contribution is 2.21. The van der Waals surface area contributed by atoms with Crippen LogP contribution in [0.5, 0.6) is 5.75 Å². The van der Waals surface area contributed by atoms with Crippen molar-refractivity contribution in [3.8, 4) is 5.75 Å². The van der Waals surface area contributed by atoms with Crippen LogP contribution in [0.1, 0.15) is 33.8 Å². The molecule has 1 aromatic heterocycles. The number of nitrogens with zero attached hydrogens (tertiary/aromatic N) is 4. The van der Waals surface area contributed by atoms with E-state index in [0.29, 0.717) is 29.6 Å². The normalized spacial score (nSPS) is 10.7. The monoisotopic (exact) mass is 646 g/mol. The molecule has 13 nitrogen and oxygen atoms in total. The van der Waals surface area contributed by atoms with Crippen LogP contribution in [0.4, 0.5) is 4.79 Å². The molecule has 0 atom stereocenters. The molecule has 4 amide bonds. The average molecular weight is 648 g/mol. The van der Waals surface area contributed by atoms with Gasteiger partial charge in [0.05, 0.1) is 16.5 Å². The molecule has 228 valence electrons. The first-order valence-corrected chi connectivity index (χ1v) is 14.1. The standard InChI is InChI=1S/C16H22N6O3.C12H17BrN2O2/c1-17-16(25)20-22-13(14(23)18-9-6-10-21(2)3)19-12-8-5-4-7-11(12)15(22)24;1-15(2)7-3-6-14-12(17)10-8-9(13)4-5-11(10)16/h4-5,7-8H,6,9-10H2,1-3H3,(H,18,23)(H2,17,20,25);4-5,8,16H,3,6-7H2,1-2H3,(H,14,17). The maximum atomic E-state index is 12.6.